The van der Waals surface area contributed by atoms with Crippen molar-refractivity contribution in [3.05, 3.63) is 65.5 Å². The fourth-order valence-electron chi connectivity index (χ4n) is 2.65. The molecule has 1 aliphatic heterocycles. The molecular weight excluding hydrogens is 295 g/mol. The van der Waals surface area contributed by atoms with Crippen LogP contribution in [0.1, 0.15) is 22.3 Å². The molecule has 0 aromatic heterocycles. The minimum absolute atomic E-state index is 0.0155. The normalized spacial score (nSPS) is 17.4. The molecule has 23 heavy (non-hydrogen) atoms. The van der Waals surface area contributed by atoms with Crippen molar-refractivity contribution in [1.29, 1.82) is 0 Å². The number of halogens is 1. The minimum atomic E-state index is -0.386. The molecule has 1 heterocycles. The topological polar surface area (TPSA) is 49.4 Å². The third kappa shape index (κ3) is 3.39. The first-order valence-corrected chi connectivity index (χ1v) is 7.46. The highest BCUT2D eigenvalue weighted by atomic mass is 19.1. The highest BCUT2D eigenvalue weighted by molar-refractivity contribution is 5.98. The summed E-state index contributed by atoms with van der Waals surface area (Å²) >= 11 is 0. The number of carbonyl (C=O) groups excluding carboxylic acids is 2. The van der Waals surface area contributed by atoms with Gasteiger partial charge in [-0.05, 0) is 43.3 Å². The molecule has 0 radical (unpaired) electrons. The summed E-state index contributed by atoms with van der Waals surface area (Å²) in [6.07, 6.45) is 0.265. The molecule has 2 amide bonds. The highest BCUT2D eigenvalue weighted by Gasteiger charge is 2.31. The summed E-state index contributed by atoms with van der Waals surface area (Å²) in [5, 5.41) is 2.83. The van der Waals surface area contributed by atoms with E-state index in [1.54, 1.807) is 4.90 Å². The molecule has 1 atom stereocenters. The first-order chi connectivity index (χ1) is 11.0. The zero-order valence-electron chi connectivity index (χ0n) is 12.8. The van der Waals surface area contributed by atoms with Gasteiger partial charge in [0.05, 0.1) is 6.04 Å². The molecule has 118 valence electrons. The van der Waals surface area contributed by atoms with Gasteiger partial charge < -0.3 is 10.2 Å². The number of hydrogen-bond donors (Lipinski definition) is 1. The molecule has 0 saturated carbocycles. The van der Waals surface area contributed by atoms with Crippen LogP contribution < -0.4 is 10.2 Å². The third-order valence-corrected chi connectivity index (χ3v) is 3.91. The fourth-order valence-corrected chi connectivity index (χ4v) is 2.65. The summed E-state index contributed by atoms with van der Waals surface area (Å²) in [5.74, 6) is -0.699. The summed E-state index contributed by atoms with van der Waals surface area (Å²) in [7, 11) is 0. The Labute approximate surface area is 133 Å². The molecule has 2 aromatic carbocycles. The quantitative estimate of drug-likeness (QED) is 0.947. The van der Waals surface area contributed by atoms with Gasteiger partial charge in [0.2, 0.25) is 5.91 Å². The third-order valence-electron chi connectivity index (χ3n) is 3.91. The Morgan fingerprint density at radius 1 is 1.13 bits per heavy atom. The molecule has 0 bridgehead atoms. The standard InChI is InChI=1S/C18H17FN2O2/c1-12-2-8-16(9-3-12)21-11-15(10-17(21)22)20-18(23)13-4-6-14(19)7-5-13/h2-9,15H,10-11H2,1H3,(H,20,23)/t15-/m1/s1. The Balaban J connectivity index is 1.66. The molecular formula is C18H17FN2O2. The van der Waals surface area contributed by atoms with Gasteiger partial charge in [0, 0.05) is 24.2 Å². The van der Waals surface area contributed by atoms with E-state index >= 15 is 0 Å². The molecule has 3 rings (SSSR count). The lowest BCUT2D eigenvalue weighted by Gasteiger charge is -2.17. The van der Waals surface area contributed by atoms with E-state index in [0.717, 1.165) is 11.3 Å². The van der Waals surface area contributed by atoms with Crippen LogP contribution in [0.4, 0.5) is 10.1 Å². The first-order valence-electron chi connectivity index (χ1n) is 7.46. The first kappa shape index (κ1) is 15.2. The van der Waals surface area contributed by atoms with Crippen LogP contribution >= 0.6 is 0 Å². The number of benzene rings is 2. The Morgan fingerprint density at radius 2 is 1.78 bits per heavy atom. The molecule has 4 nitrogen and oxygen atoms in total. The molecule has 0 aliphatic carbocycles. The largest absolute Gasteiger partial charge is 0.347 e. The Morgan fingerprint density at radius 3 is 2.43 bits per heavy atom. The fraction of sp³-hybridized carbons (Fsp3) is 0.222. The number of hydrogen-bond acceptors (Lipinski definition) is 2. The van der Waals surface area contributed by atoms with Gasteiger partial charge in [-0.3, -0.25) is 9.59 Å². The smallest absolute Gasteiger partial charge is 0.251 e. The molecule has 1 N–H and O–H groups in total. The van der Waals surface area contributed by atoms with E-state index in [-0.39, 0.29) is 30.1 Å². The molecule has 1 fully saturated rings. The average molecular weight is 312 g/mol. The Bertz CT molecular complexity index is 726. The molecule has 1 saturated heterocycles. The van der Waals surface area contributed by atoms with Crippen molar-refractivity contribution in [2.24, 2.45) is 0 Å². The summed E-state index contributed by atoms with van der Waals surface area (Å²) < 4.78 is 12.9. The average Bonchev–Trinajstić information content (AvgIpc) is 2.89. The van der Waals surface area contributed by atoms with E-state index in [4.69, 9.17) is 0 Å². The highest BCUT2D eigenvalue weighted by Crippen LogP contribution is 2.22. The Hall–Kier alpha value is -2.69. The summed E-state index contributed by atoms with van der Waals surface area (Å²) in [5.41, 5.74) is 2.34. The zero-order chi connectivity index (χ0) is 16.4. The van der Waals surface area contributed by atoms with Crippen molar-refractivity contribution < 1.29 is 14.0 Å². The number of anilines is 1. The summed E-state index contributed by atoms with van der Waals surface area (Å²) in [6, 6.07) is 12.8. The molecule has 0 unspecified atom stereocenters. The van der Waals surface area contributed by atoms with Crippen LogP contribution in [0.3, 0.4) is 0 Å². The van der Waals surface area contributed by atoms with Crippen LogP contribution in [0.15, 0.2) is 48.5 Å². The van der Waals surface area contributed by atoms with Crippen LogP contribution in [0.5, 0.6) is 0 Å². The van der Waals surface area contributed by atoms with Crippen molar-refractivity contribution in [2.75, 3.05) is 11.4 Å². The number of rotatable bonds is 3. The van der Waals surface area contributed by atoms with E-state index in [1.807, 2.05) is 31.2 Å². The van der Waals surface area contributed by atoms with Crippen molar-refractivity contribution >= 4 is 17.5 Å². The SMILES string of the molecule is Cc1ccc(N2C[C@H](NC(=O)c3ccc(F)cc3)CC2=O)cc1. The number of nitrogens with one attached hydrogen (secondary N) is 1. The van der Waals surface area contributed by atoms with Crippen molar-refractivity contribution in [2.45, 2.75) is 19.4 Å². The summed E-state index contributed by atoms with van der Waals surface area (Å²) in [4.78, 5) is 26.0. The van der Waals surface area contributed by atoms with Crippen LogP contribution in [0.2, 0.25) is 0 Å². The molecule has 0 spiro atoms. The van der Waals surface area contributed by atoms with Crippen LogP contribution in [0, 0.1) is 12.7 Å². The van der Waals surface area contributed by atoms with Crippen LogP contribution in [-0.4, -0.2) is 24.4 Å². The monoisotopic (exact) mass is 312 g/mol. The van der Waals surface area contributed by atoms with Crippen LogP contribution in [0.25, 0.3) is 0 Å². The maximum absolute atomic E-state index is 12.9. The second-order valence-corrected chi connectivity index (χ2v) is 5.72. The van der Waals surface area contributed by atoms with E-state index in [0.29, 0.717) is 12.1 Å². The van der Waals surface area contributed by atoms with Gasteiger partial charge in [-0.15, -0.1) is 0 Å². The van der Waals surface area contributed by atoms with E-state index in [9.17, 15) is 14.0 Å². The van der Waals surface area contributed by atoms with E-state index in [2.05, 4.69) is 5.32 Å². The van der Waals surface area contributed by atoms with Crippen molar-refractivity contribution in [1.82, 2.24) is 5.32 Å². The second-order valence-electron chi connectivity index (χ2n) is 5.72. The van der Waals surface area contributed by atoms with Crippen molar-refractivity contribution in [3.63, 3.8) is 0 Å². The molecule has 1 aliphatic rings. The van der Waals surface area contributed by atoms with Gasteiger partial charge >= 0.3 is 0 Å². The van der Waals surface area contributed by atoms with Gasteiger partial charge in [-0.2, -0.15) is 0 Å². The maximum atomic E-state index is 12.9. The number of amides is 2. The zero-order valence-corrected chi connectivity index (χ0v) is 12.8. The van der Waals surface area contributed by atoms with Gasteiger partial charge in [-0.1, -0.05) is 17.7 Å². The van der Waals surface area contributed by atoms with E-state index in [1.165, 1.54) is 24.3 Å². The number of aryl methyl sites for hydroxylation is 1. The number of nitrogens with zero attached hydrogens (tertiary/aromatic N) is 1. The van der Waals surface area contributed by atoms with Gasteiger partial charge in [-0.25, -0.2) is 4.39 Å². The second kappa shape index (κ2) is 6.20. The van der Waals surface area contributed by atoms with Gasteiger partial charge in [0.25, 0.3) is 5.91 Å². The Kier molecular flexibility index (Phi) is 4.10. The molecule has 5 heteroatoms. The number of carbonyl (C=O) groups is 2. The molecule has 2 aromatic rings. The lowest BCUT2D eigenvalue weighted by atomic mass is 10.2. The summed E-state index contributed by atoms with van der Waals surface area (Å²) in [6.45, 7) is 2.43. The predicted octanol–water partition coefficient (Wildman–Crippen LogP) is 2.67. The van der Waals surface area contributed by atoms with Crippen molar-refractivity contribution in [3.8, 4) is 0 Å². The van der Waals surface area contributed by atoms with E-state index < -0.39 is 0 Å². The minimum Gasteiger partial charge on any atom is -0.347 e. The lowest BCUT2D eigenvalue weighted by Crippen LogP contribution is -2.37. The van der Waals surface area contributed by atoms with Gasteiger partial charge in [0.15, 0.2) is 0 Å². The lowest BCUT2D eigenvalue weighted by molar-refractivity contribution is -0.117. The maximum Gasteiger partial charge on any atom is 0.251 e. The van der Waals surface area contributed by atoms with Crippen LogP contribution in [-0.2, 0) is 4.79 Å². The predicted molar refractivity (Wildman–Crippen MR) is 85.8 cm³/mol. The van der Waals surface area contributed by atoms with Gasteiger partial charge in [0.1, 0.15) is 5.82 Å².